The van der Waals surface area contributed by atoms with Gasteiger partial charge in [0.05, 0.1) is 12.4 Å². The summed E-state index contributed by atoms with van der Waals surface area (Å²) >= 11 is 0. The standard InChI is InChI=1S/C94H54N8O3/c1-3-19-57(20-4-1)89-97-91(101-92(98-89)74-48-46-71(67-28-10-12-30-69(67)74)70-44-45-72(66-27-9-8-26-65(66)70)78-51-95-53-84-87(78)76-32-14-16-35-81(76)104-84)61-24-17-23-59(49-61)60-41-42-77-83(50-60)105-85-54-96-52-79(88(77)85)94-100-90(58-21-5-2-6-22-58)99-93(102-94)73-47-43-62(64-25-7-11-29-68(64)73)55-37-39-56(40-38-55)63-33-18-36-82-86(63)75-31-13-15-34-80(75)103-82/h1-54H. The summed E-state index contributed by atoms with van der Waals surface area (Å²) in [6, 6.07) is 105. The van der Waals surface area contributed by atoms with Gasteiger partial charge in [0.2, 0.25) is 0 Å². The fourth-order valence-corrected chi connectivity index (χ4v) is 15.6. The first-order chi connectivity index (χ1) is 52.0. The summed E-state index contributed by atoms with van der Waals surface area (Å²) in [5.74, 6) is 3.23. The fraction of sp³-hybridized carbons (Fsp3) is 0. The molecule has 0 radical (unpaired) electrons. The molecule has 0 atom stereocenters. The van der Waals surface area contributed by atoms with Crippen LogP contribution in [0, 0.1) is 0 Å². The highest BCUT2D eigenvalue weighted by Crippen LogP contribution is 2.46. The number of aromatic nitrogens is 8. The second kappa shape index (κ2) is 24.2. The van der Waals surface area contributed by atoms with Gasteiger partial charge in [-0.2, -0.15) is 0 Å². The van der Waals surface area contributed by atoms with Crippen molar-refractivity contribution in [2.75, 3.05) is 0 Å². The van der Waals surface area contributed by atoms with Crippen LogP contribution in [0.4, 0.5) is 0 Å². The number of para-hydroxylation sites is 2. The molecule has 7 aromatic heterocycles. The third kappa shape index (κ3) is 9.97. The Bertz CT molecular complexity index is 7110. The van der Waals surface area contributed by atoms with E-state index in [0.717, 1.165) is 176 Å². The Morgan fingerprint density at radius 2 is 0.505 bits per heavy atom. The number of hydrogen-bond donors (Lipinski definition) is 0. The predicted molar refractivity (Wildman–Crippen MR) is 423 cm³/mol. The molecule has 7 heterocycles. The quantitative estimate of drug-likeness (QED) is 0.122. The zero-order chi connectivity index (χ0) is 69.1. The van der Waals surface area contributed by atoms with Crippen molar-refractivity contribution < 1.29 is 13.3 Å². The Hall–Kier alpha value is -14.4. The lowest BCUT2D eigenvalue weighted by Crippen LogP contribution is -2.01. The molecule has 488 valence electrons. The second-order valence-corrected chi connectivity index (χ2v) is 26.4. The molecular formula is C94H54N8O3. The van der Waals surface area contributed by atoms with E-state index in [-0.39, 0.29) is 0 Å². The third-order valence-electron chi connectivity index (χ3n) is 20.4. The van der Waals surface area contributed by atoms with Crippen LogP contribution in [0.1, 0.15) is 0 Å². The van der Waals surface area contributed by atoms with Crippen LogP contribution in [-0.2, 0) is 0 Å². The number of hydrogen-bond acceptors (Lipinski definition) is 11. The molecule has 0 aliphatic carbocycles. The first kappa shape index (κ1) is 59.4. The van der Waals surface area contributed by atoms with Gasteiger partial charge in [-0.25, -0.2) is 29.9 Å². The van der Waals surface area contributed by atoms with E-state index >= 15 is 0 Å². The van der Waals surface area contributed by atoms with Gasteiger partial charge in [-0.1, -0.05) is 255 Å². The van der Waals surface area contributed by atoms with Crippen molar-refractivity contribution in [2.45, 2.75) is 0 Å². The van der Waals surface area contributed by atoms with Crippen molar-refractivity contribution in [1.29, 1.82) is 0 Å². The molecule has 21 rings (SSSR count). The number of nitrogens with zero attached hydrogens (tertiary/aromatic N) is 8. The normalized spacial score (nSPS) is 11.8. The molecule has 0 N–H and O–H groups in total. The van der Waals surface area contributed by atoms with E-state index in [1.807, 2.05) is 110 Å². The minimum atomic E-state index is 0.475. The maximum Gasteiger partial charge on any atom is 0.166 e. The molecule has 0 aliphatic rings. The average molecular weight is 1340 g/mol. The van der Waals surface area contributed by atoms with E-state index in [1.54, 1.807) is 6.20 Å². The third-order valence-corrected chi connectivity index (χ3v) is 20.4. The van der Waals surface area contributed by atoms with E-state index in [1.165, 1.54) is 0 Å². The van der Waals surface area contributed by atoms with Gasteiger partial charge in [-0.3, -0.25) is 9.97 Å². The van der Waals surface area contributed by atoms with Crippen molar-refractivity contribution in [3.05, 3.63) is 328 Å². The number of fused-ring (bicyclic) bond motifs is 12. The molecule has 0 aliphatic heterocycles. The Labute approximate surface area is 599 Å². The Morgan fingerprint density at radius 3 is 1.09 bits per heavy atom. The molecule has 11 nitrogen and oxygen atoms in total. The van der Waals surface area contributed by atoms with E-state index in [4.69, 9.17) is 48.1 Å². The zero-order valence-corrected chi connectivity index (χ0v) is 56.0. The molecule has 0 bridgehead atoms. The summed E-state index contributed by atoms with van der Waals surface area (Å²) in [6.07, 6.45) is 7.36. The summed E-state index contributed by atoms with van der Waals surface area (Å²) in [6.45, 7) is 0. The van der Waals surface area contributed by atoms with Crippen LogP contribution in [0.3, 0.4) is 0 Å². The Morgan fingerprint density at radius 1 is 0.162 bits per heavy atom. The lowest BCUT2D eigenvalue weighted by atomic mass is 9.88. The van der Waals surface area contributed by atoms with Crippen LogP contribution in [0.5, 0.6) is 0 Å². The molecule has 0 fully saturated rings. The minimum absolute atomic E-state index is 0.475. The summed E-state index contributed by atoms with van der Waals surface area (Å²) in [7, 11) is 0. The van der Waals surface area contributed by atoms with Gasteiger partial charge in [0, 0.05) is 83.7 Å². The highest BCUT2D eigenvalue weighted by Gasteiger charge is 2.24. The van der Waals surface area contributed by atoms with Gasteiger partial charge in [0.25, 0.3) is 0 Å². The Balaban J connectivity index is 0.632. The monoisotopic (exact) mass is 1340 g/mol. The lowest BCUT2D eigenvalue weighted by molar-refractivity contribution is 0.666. The molecule has 0 saturated heterocycles. The van der Waals surface area contributed by atoms with Gasteiger partial charge in [-0.15, -0.1) is 0 Å². The van der Waals surface area contributed by atoms with Gasteiger partial charge in [0.15, 0.2) is 46.1 Å². The number of pyridine rings is 2. The summed E-state index contributed by atoms with van der Waals surface area (Å²) in [5.41, 5.74) is 20.4. The van der Waals surface area contributed by atoms with Crippen molar-refractivity contribution in [1.82, 2.24) is 39.9 Å². The van der Waals surface area contributed by atoms with Crippen LogP contribution in [0.25, 0.3) is 222 Å². The smallest absolute Gasteiger partial charge is 0.166 e. The first-order valence-corrected chi connectivity index (χ1v) is 34.9. The van der Waals surface area contributed by atoms with Crippen LogP contribution in [-0.4, -0.2) is 39.9 Å². The van der Waals surface area contributed by atoms with E-state index in [0.29, 0.717) is 46.1 Å². The highest BCUT2D eigenvalue weighted by atomic mass is 16.3. The van der Waals surface area contributed by atoms with Crippen molar-refractivity contribution >= 4 is 98.1 Å². The van der Waals surface area contributed by atoms with Crippen LogP contribution in [0.15, 0.2) is 341 Å². The molecule has 105 heavy (non-hydrogen) atoms. The summed E-state index contributed by atoms with van der Waals surface area (Å²) < 4.78 is 19.4. The first-order valence-electron chi connectivity index (χ1n) is 34.9. The van der Waals surface area contributed by atoms with Gasteiger partial charge < -0.3 is 13.3 Å². The molecule has 0 saturated carbocycles. The number of rotatable bonds is 11. The summed E-state index contributed by atoms with van der Waals surface area (Å²) in [5, 5.41) is 12.5. The van der Waals surface area contributed by atoms with Gasteiger partial charge in [-0.05, 0) is 131 Å². The van der Waals surface area contributed by atoms with E-state index in [2.05, 4.69) is 217 Å². The van der Waals surface area contributed by atoms with Crippen LogP contribution < -0.4 is 0 Å². The lowest BCUT2D eigenvalue weighted by Gasteiger charge is -2.16. The SMILES string of the molecule is c1ccc(-c2nc(-c3cccc(-c4ccc5c(c4)oc4cncc(-c6nc(-c7ccccc7)nc(-c7ccc(-c8ccc(-c9cccc%10oc%11ccccc%11c9%10)cc8)c8ccccc78)n6)c45)c3)nc(-c3ccc(-c4ccc(-c5cncc6oc7ccccc7c56)c5ccccc45)c4ccccc34)n2)cc1. The number of benzene rings is 14. The minimum Gasteiger partial charge on any atom is -0.456 e. The Kier molecular flexibility index (Phi) is 13.7. The maximum atomic E-state index is 6.79. The van der Waals surface area contributed by atoms with E-state index in [9.17, 15) is 0 Å². The van der Waals surface area contributed by atoms with Gasteiger partial charge in [0.1, 0.15) is 22.3 Å². The molecular weight excluding hydrogens is 1290 g/mol. The van der Waals surface area contributed by atoms with Crippen LogP contribution in [0.2, 0.25) is 0 Å². The van der Waals surface area contributed by atoms with Gasteiger partial charge >= 0.3 is 0 Å². The molecule has 21 aromatic rings. The summed E-state index contributed by atoms with van der Waals surface area (Å²) in [4.78, 5) is 41.1. The fourth-order valence-electron chi connectivity index (χ4n) is 15.6. The number of furan rings is 3. The van der Waals surface area contributed by atoms with Crippen molar-refractivity contribution in [3.63, 3.8) is 0 Å². The molecule has 11 heteroatoms. The van der Waals surface area contributed by atoms with Crippen molar-refractivity contribution in [3.8, 4) is 124 Å². The molecule has 0 amide bonds. The largest absolute Gasteiger partial charge is 0.456 e. The average Bonchev–Trinajstić information content (AvgIpc) is 1.14. The molecule has 14 aromatic carbocycles. The van der Waals surface area contributed by atoms with E-state index < -0.39 is 0 Å². The highest BCUT2D eigenvalue weighted by molar-refractivity contribution is 6.19. The zero-order valence-electron chi connectivity index (χ0n) is 56.0. The van der Waals surface area contributed by atoms with Crippen molar-refractivity contribution in [2.24, 2.45) is 0 Å². The predicted octanol–water partition coefficient (Wildman–Crippen LogP) is 24.3. The molecule has 0 unspecified atom stereocenters. The topological polar surface area (TPSA) is 143 Å². The second-order valence-electron chi connectivity index (χ2n) is 26.4. The maximum absolute atomic E-state index is 6.79. The molecule has 0 spiro atoms. The van der Waals surface area contributed by atoms with Crippen LogP contribution >= 0.6 is 0 Å².